The Bertz CT molecular complexity index is 982. The van der Waals surface area contributed by atoms with Crippen LogP contribution in [0.15, 0.2) is 53.7 Å². The number of fused-ring (bicyclic) bond motifs is 3. The molecule has 1 atom stereocenters. The molecular formula is C16H12FN3OS2. The number of hydrogen-bond acceptors (Lipinski definition) is 5. The van der Waals surface area contributed by atoms with Gasteiger partial charge in [0.15, 0.2) is 5.16 Å². The van der Waals surface area contributed by atoms with E-state index in [1.54, 1.807) is 29.5 Å². The Labute approximate surface area is 139 Å². The number of halogens is 1. The standard InChI is InChI=1S/C16H12FN3OS2/c17-11-6-2-1-5-10(11)13(21)9-22-15-18-19-16-20(15)12-7-3-4-8-14(12)23-16/h1-8,13,21H,9H2/t13-/m0/s1. The Balaban J connectivity index is 1.62. The molecule has 0 unspecified atom stereocenters. The fourth-order valence-electron chi connectivity index (χ4n) is 2.44. The molecule has 2 aromatic heterocycles. The minimum atomic E-state index is -0.890. The summed E-state index contributed by atoms with van der Waals surface area (Å²) in [6.07, 6.45) is -0.890. The summed E-state index contributed by atoms with van der Waals surface area (Å²) in [5.74, 6) is -0.0840. The maximum Gasteiger partial charge on any atom is 0.217 e. The van der Waals surface area contributed by atoms with E-state index in [4.69, 9.17) is 0 Å². The van der Waals surface area contributed by atoms with Gasteiger partial charge in [-0.3, -0.25) is 4.40 Å². The van der Waals surface area contributed by atoms with Gasteiger partial charge in [0.2, 0.25) is 4.96 Å². The molecule has 0 aliphatic rings. The summed E-state index contributed by atoms with van der Waals surface area (Å²) in [6, 6.07) is 14.3. The van der Waals surface area contributed by atoms with Gasteiger partial charge in [0.05, 0.1) is 16.3 Å². The van der Waals surface area contributed by atoms with Crippen LogP contribution in [-0.2, 0) is 0 Å². The van der Waals surface area contributed by atoms with Crippen LogP contribution in [-0.4, -0.2) is 25.5 Å². The second kappa shape index (κ2) is 5.92. The molecule has 2 heterocycles. The highest BCUT2D eigenvalue weighted by molar-refractivity contribution is 7.99. The van der Waals surface area contributed by atoms with Crippen LogP contribution >= 0.6 is 23.1 Å². The summed E-state index contributed by atoms with van der Waals surface area (Å²) in [7, 11) is 0. The number of thiazole rings is 1. The average Bonchev–Trinajstić information content (AvgIpc) is 3.12. The fraction of sp³-hybridized carbons (Fsp3) is 0.125. The van der Waals surface area contributed by atoms with E-state index in [0.29, 0.717) is 16.5 Å². The first-order valence-electron chi connectivity index (χ1n) is 7.02. The van der Waals surface area contributed by atoms with Gasteiger partial charge in [-0.25, -0.2) is 4.39 Å². The van der Waals surface area contributed by atoms with Gasteiger partial charge in [0, 0.05) is 11.3 Å². The number of hydrogen-bond donors (Lipinski definition) is 1. The van der Waals surface area contributed by atoms with Gasteiger partial charge in [-0.2, -0.15) is 0 Å². The third-order valence-electron chi connectivity index (χ3n) is 3.55. The third kappa shape index (κ3) is 2.60. The van der Waals surface area contributed by atoms with Crippen molar-refractivity contribution in [3.8, 4) is 0 Å². The summed E-state index contributed by atoms with van der Waals surface area (Å²) in [5, 5.41) is 19.3. The first kappa shape index (κ1) is 14.6. The summed E-state index contributed by atoms with van der Waals surface area (Å²) < 4.78 is 16.8. The maximum atomic E-state index is 13.7. The molecule has 0 bridgehead atoms. The average molecular weight is 345 g/mol. The molecule has 1 N–H and O–H groups in total. The second-order valence-electron chi connectivity index (χ2n) is 5.02. The Morgan fingerprint density at radius 3 is 2.78 bits per heavy atom. The lowest BCUT2D eigenvalue weighted by Crippen LogP contribution is -2.03. The van der Waals surface area contributed by atoms with Crippen LogP contribution in [0.5, 0.6) is 0 Å². The first-order valence-corrected chi connectivity index (χ1v) is 8.82. The van der Waals surface area contributed by atoms with Crippen LogP contribution in [0, 0.1) is 5.82 Å². The lowest BCUT2D eigenvalue weighted by Gasteiger charge is -2.10. The van der Waals surface area contributed by atoms with Crippen molar-refractivity contribution in [3.05, 3.63) is 59.9 Å². The van der Waals surface area contributed by atoms with Crippen LogP contribution in [0.2, 0.25) is 0 Å². The predicted molar refractivity (Wildman–Crippen MR) is 90.5 cm³/mol. The van der Waals surface area contributed by atoms with Gasteiger partial charge in [-0.1, -0.05) is 53.4 Å². The SMILES string of the molecule is O[C@@H](CSc1nnc2sc3ccccc3n12)c1ccccc1F. The van der Waals surface area contributed by atoms with Crippen molar-refractivity contribution in [2.24, 2.45) is 0 Å². The van der Waals surface area contributed by atoms with Crippen molar-refractivity contribution in [3.63, 3.8) is 0 Å². The number of aliphatic hydroxyl groups excluding tert-OH is 1. The molecule has 0 saturated heterocycles. The summed E-state index contributed by atoms with van der Waals surface area (Å²) in [5.41, 5.74) is 1.34. The molecule has 0 spiro atoms. The minimum Gasteiger partial charge on any atom is -0.387 e. The fourth-order valence-corrected chi connectivity index (χ4v) is 4.36. The highest BCUT2D eigenvalue weighted by Gasteiger charge is 2.16. The van der Waals surface area contributed by atoms with Crippen LogP contribution in [0.3, 0.4) is 0 Å². The van der Waals surface area contributed by atoms with E-state index in [1.165, 1.54) is 17.8 Å². The zero-order chi connectivity index (χ0) is 15.8. The van der Waals surface area contributed by atoms with Gasteiger partial charge in [-0.15, -0.1) is 10.2 Å². The molecule has 116 valence electrons. The minimum absolute atomic E-state index is 0.302. The molecule has 0 aliphatic carbocycles. The quantitative estimate of drug-likeness (QED) is 0.570. The summed E-state index contributed by atoms with van der Waals surface area (Å²) in [6.45, 7) is 0. The lowest BCUT2D eigenvalue weighted by molar-refractivity contribution is 0.199. The molecule has 4 nitrogen and oxygen atoms in total. The van der Waals surface area contributed by atoms with Gasteiger partial charge in [-0.05, 0) is 18.2 Å². The number of aromatic nitrogens is 3. The molecule has 0 aliphatic heterocycles. The Morgan fingerprint density at radius 2 is 1.91 bits per heavy atom. The molecule has 23 heavy (non-hydrogen) atoms. The van der Waals surface area contributed by atoms with Gasteiger partial charge < -0.3 is 5.11 Å². The van der Waals surface area contributed by atoms with Crippen molar-refractivity contribution in [1.29, 1.82) is 0 Å². The first-order chi connectivity index (χ1) is 11.2. The van der Waals surface area contributed by atoms with E-state index in [0.717, 1.165) is 15.2 Å². The predicted octanol–water partition coefficient (Wildman–Crippen LogP) is 3.91. The Morgan fingerprint density at radius 1 is 1.13 bits per heavy atom. The van der Waals surface area contributed by atoms with Crippen LogP contribution in [0.25, 0.3) is 15.2 Å². The van der Waals surface area contributed by atoms with E-state index in [1.807, 2.05) is 28.7 Å². The molecule has 4 aromatic rings. The lowest BCUT2D eigenvalue weighted by atomic mass is 10.1. The zero-order valence-corrected chi connectivity index (χ0v) is 13.5. The maximum absolute atomic E-state index is 13.7. The molecule has 7 heteroatoms. The number of benzene rings is 2. The van der Waals surface area contributed by atoms with Crippen molar-refractivity contribution < 1.29 is 9.50 Å². The smallest absolute Gasteiger partial charge is 0.217 e. The van der Waals surface area contributed by atoms with Gasteiger partial charge in [0.1, 0.15) is 5.82 Å². The van der Waals surface area contributed by atoms with E-state index in [2.05, 4.69) is 10.2 Å². The largest absolute Gasteiger partial charge is 0.387 e. The Kier molecular flexibility index (Phi) is 3.76. The van der Waals surface area contributed by atoms with Crippen molar-refractivity contribution in [2.75, 3.05) is 5.75 Å². The summed E-state index contributed by atoms with van der Waals surface area (Å²) >= 11 is 2.94. The molecule has 0 saturated carbocycles. The Hall–Kier alpha value is -1.96. The third-order valence-corrected chi connectivity index (χ3v) is 5.56. The zero-order valence-electron chi connectivity index (χ0n) is 11.9. The second-order valence-corrected chi connectivity index (χ2v) is 7.01. The van der Waals surface area contributed by atoms with Crippen LogP contribution in [0.1, 0.15) is 11.7 Å². The van der Waals surface area contributed by atoms with E-state index in [9.17, 15) is 9.50 Å². The van der Waals surface area contributed by atoms with Crippen molar-refractivity contribution >= 4 is 38.3 Å². The number of rotatable bonds is 4. The monoisotopic (exact) mass is 345 g/mol. The van der Waals surface area contributed by atoms with Gasteiger partial charge >= 0.3 is 0 Å². The summed E-state index contributed by atoms with van der Waals surface area (Å²) in [4.78, 5) is 0.814. The van der Waals surface area contributed by atoms with Crippen molar-refractivity contribution in [1.82, 2.24) is 14.6 Å². The number of thioether (sulfide) groups is 1. The van der Waals surface area contributed by atoms with Crippen LogP contribution < -0.4 is 0 Å². The van der Waals surface area contributed by atoms with Crippen LogP contribution in [0.4, 0.5) is 4.39 Å². The molecule has 4 rings (SSSR count). The number of aliphatic hydroxyl groups is 1. The van der Waals surface area contributed by atoms with E-state index < -0.39 is 11.9 Å². The normalized spacial score (nSPS) is 13.0. The number of nitrogens with zero attached hydrogens (tertiary/aromatic N) is 3. The molecule has 2 aromatic carbocycles. The van der Waals surface area contributed by atoms with Gasteiger partial charge in [0.25, 0.3) is 0 Å². The number of para-hydroxylation sites is 1. The van der Waals surface area contributed by atoms with E-state index in [-0.39, 0.29) is 0 Å². The molecular weight excluding hydrogens is 333 g/mol. The van der Waals surface area contributed by atoms with Crippen molar-refractivity contribution in [2.45, 2.75) is 11.3 Å². The topological polar surface area (TPSA) is 50.4 Å². The van der Waals surface area contributed by atoms with E-state index >= 15 is 0 Å². The highest BCUT2D eigenvalue weighted by Crippen LogP contribution is 2.31. The molecule has 0 fully saturated rings. The molecule has 0 amide bonds. The highest BCUT2D eigenvalue weighted by atomic mass is 32.2. The molecule has 0 radical (unpaired) electrons.